The largest absolute Gasteiger partial charge is 0.478 e. The van der Waals surface area contributed by atoms with Crippen molar-refractivity contribution in [3.8, 4) is 5.75 Å². The number of hydrogen-bond acceptors (Lipinski definition) is 4. The summed E-state index contributed by atoms with van der Waals surface area (Å²) in [6.45, 7) is 2.14. The molecule has 2 aliphatic rings. The van der Waals surface area contributed by atoms with E-state index in [2.05, 4.69) is 5.32 Å². The number of sulfonamides is 1. The predicted octanol–water partition coefficient (Wildman–Crippen LogP) is 2.36. The van der Waals surface area contributed by atoms with Gasteiger partial charge in [0.1, 0.15) is 5.75 Å². The summed E-state index contributed by atoms with van der Waals surface area (Å²) in [4.78, 5) is 12.6. The summed E-state index contributed by atoms with van der Waals surface area (Å²) in [6, 6.07) is 5.60. The molecule has 25 heavy (non-hydrogen) atoms. The maximum atomic E-state index is 12.6. The number of amides is 1. The minimum Gasteiger partial charge on any atom is -0.478 e. The van der Waals surface area contributed by atoms with Crippen LogP contribution in [0.3, 0.4) is 0 Å². The maximum absolute atomic E-state index is 12.6. The molecule has 1 amide bonds. The molecule has 138 valence electrons. The van der Waals surface area contributed by atoms with Crippen molar-refractivity contribution in [3.05, 3.63) is 23.8 Å². The number of nitrogens with zero attached hydrogens (tertiary/aromatic N) is 1. The number of carbonyl (C=O) groups is 1. The molecule has 1 heterocycles. The Kier molecular flexibility index (Phi) is 5.22. The molecular weight excluding hydrogens is 340 g/mol. The molecule has 0 unspecified atom stereocenters. The standard InChI is InChI=1S/C18H26N2O4S/c1-13-8-9-16-15(12-13)20(25(2,22)23)11-10-17(24-16)18(21)19-14-6-4-3-5-7-14/h8-9,12,14,17H,3-7,10-11H2,1-2H3,(H,19,21)/t17-/m0/s1. The number of fused-ring (bicyclic) bond motifs is 1. The number of rotatable bonds is 3. The SMILES string of the molecule is Cc1ccc2c(c1)N(S(C)(=O)=O)CC[C@@H](C(=O)NC1CCCCC1)O2. The van der Waals surface area contributed by atoms with Crippen molar-refractivity contribution in [2.24, 2.45) is 0 Å². The minimum atomic E-state index is -3.43. The van der Waals surface area contributed by atoms with Crippen LogP contribution in [0.25, 0.3) is 0 Å². The monoisotopic (exact) mass is 366 g/mol. The zero-order valence-electron chi connectivity index (χ0n) is 14.8. The van der Waals surface area contributed by atoms with Crippen molar-refractivity contribution in [2.75, 3.05) is 17.1 Å². The van der Waals surface area contributed by atoms with E-state index in [9.17, 15) is 13.2 Å². The molecule has 1 atom stereocenters. The van der Waals surface area contributed by atoms with Gasteiger partial charge in [0, 0.05) is 19.0 Å². The van der Waals surface area contributed by atoms with Crippen molar-refractivity contribution in [2.45, 2.75) is 57.6 Å². The topological polar surface area (TPSA) is 75.7 Å². The molecule has 1 fully saturated rings. The number of hydrogen-bond donors (Lipinski definition) is 1. The minimum absolute atomic E-state index is 0.145. The van der Waals surface area contributed by atoms with E-state index in [1.165, 1.54) is 17.0 Å². The highest BCUT2D eigenvalue weighted by Crippen LogP contribution is 2.35. The molecule has 1 aromatic rings. The maximum Gasteiger partial charge on any atom is 0.261 e. The molecule has 1 aliphatic carbocycles. The third-order valence-electron chi connectivity index (χ3n) is 4.89. The van der Waals surface area contributed by atoms with Crippen LogP contribution in [0.1, 0.15) is 44.1 Å². The first kappa shape index (κ1) is 18.0. The highest BCUT2D eigenvalue weighted by molar-refractivity contribution is 7.92. The lowest BCUT2D eigenvalue weighted by Gasteiger charge is -2.25. The van der Waals surface area contributed by atoms with Crippen LogP contribution in [0.5, 0.6) is 5.75 Å². The summed E-state index contributed by atoms with van der Waals surface area (Å²) in [7, 11) is -3.43. The van der Waals surface area contributed by atoms with Crippen LogP contribution >= 0.6 is 0 Å². The van der Waals surface area contributed by atoms with Crippen LogP contribution in [-0.2, 0) is 14.8 Å². The Morgan fingerprint density at radius 1 is 1.20 bits per heavy atom. The van der Waals surface area contributed by atoms with Gasteiger partial charge in [-0.2, -0.15) is 0 Å². The van der Waals surface area contributed by atoms with E-state index in [4.69, 9.17) is 4.74 Å². The van der Waals surface area contributed by atoms with E-state index in [1.54, 1.807) is 12.1 Å². The van der Waals surface area contributed by atoms with Gasteiger partial charge >= 0.3 is 0 Å². The van der Waals surface area contributed by atoms with Crippen molar-refractivity contribution < 1.29 is 17.9 Å². The second-order valence-electron chi connectivity index (χ2n) is 7.04. The van der Waals surface area contributed by atoms with Gasteiger partial charge < -0.3 is 10.1 Å². The number of ether oxygens (including phenoxy) is 1. The molecule has 1 aliphatic heterocycles. The molecule has 0 saturated heterocycles. The zero-order valence-corrected chi connectivity index (χ0v) is 15.6. The van der Waals surface area contributed by atoms with Crippen LogP contribution < -0.4 is 14.4 Å². The van der Waals surface area contributed by atoms with Gasteiger partial charge in [-0.1, -0.05) is 25.3 Å². The molecule has 3 rings (SSSR count). The van der Waals surface area contributed by atoms with Crippen molar-refractivity contribution >= 4 is 21.6 Å². The summed E-state index contributed by atoms with van der Waals surface area (Å²) in [5.41, 5.74) is 1.46. The Labute approximate surface area is 149 Å². The van der Waals surface area contributed by atoms with Crippen LogP contribution in [-0.4, -0.2) is 39.3 Å². The smallest absolute Gasteiger partial charge is 0.261 e. The average Bonchev–Trinajstić information content (AvgIpc) is 2.74. The molecule has 1 N–H and O–H groups in total. The molecule has 0 aromatic heterocycles. The Morgan fingerprint density at radius 2 is 1.92 bits per heavy atom. The second-order valence-corrected chi connectivity index (χ2v) is 8.95. The van der Waals surface area contributed by atoms with Gasteiger partial charge in [-0.05, 0) is 37.5 Å². The lowest BCUT2D eigenvalue weighted by molar-refractivity contribution is -0.129. The highest BCUT2D eigenvalue weighted by atomic mass is 32.2. The third-order valence-corrected chi connectivity index (χ3v) is 6.07. The Hall–Kier alpha value is -1.76. The number of nitrogens with one attached hydrogen (secondary N) is 1. The first-order valence-corrected chi connectivity index (χ1v) is 10.7. The van der Waals surface area contributed by atoms with Gasteiger partial charge in [-0.15, -0.1) is 0 Å². The Morgan fingerprint density at radius 3 is 2.60 bits per heavy atom. The van der Waals surface area contributed by atoms with Crippen LogP contribution in [0, 0.1) is 6.92 Å². The summed E-state index contributed by atoms with van der Waals surface area (Å²) in [5, 5.41) is 3.08. The van der Waals surface area contributed by atoms with Crippen molar-refractivity contribution in [1.29, 1.82) is 0 Å². The molecule has 0 spiro atoms. The fourth-order valence-electron chi connectivity index (χ4n) is 3.56. The average molecular weight is 366 g/mol. The van der Waals surface area contributed by atoms with E-state index < -0.39 is 16.1 Å². The second kappa shape index (κ2) is 7.23. The first-order valence-electron chi connectivity index (χ1n) is 8.90. The third kappa shape index (κ3) is 4.26. The first-order chi connectivity index (χ1) is 11.8. The van der Waals surface area contributed by atoms with Gasteiger partial charge in [0.05, 0.1) is 11.9 Å². The number of aryl methyl sites for hydroxylation is 1. The molecular formula is C18H26N2O4S. The van der Waals surface area contributed by atoms with E-state index in [-0.39, 0.29) is 18.5 Å². The zero-order chi connectivity index (χ0) is 18.0. The van der Waals surface area contributed by atoms with Gasteiger partial charge in [0.25, 0.3) is 5.91 Å². The number of anilines is 1. The summed E-state index contributed by atoms with van der Waals surface area (Å²) < 4.78 is 31.6. The van der Waals surface area contributed by atoms with Crippen LogP contribution in [0.4, 0.5) is 5.69 Å². The molecule has 1 aromatic carbocycles. The van der Waals surface area contributed by atoms with Gasteiger partial charge in [-0.3, -0.25) is 9.10 Å². The summed E-state index contributed by atoms with van der Waals surface area (Å²) >= 11 is 0. The van der Waals surface area contributed by atoms with E-state index in [0.29, 0.717) is 17.9 Å². The molecule has 0 bridgehead atoms. The molecule has 7 heteroatoms. The summed E-state index contributed by atoms with van der Waals surface area (Å²) in [5.74, 6) is 0.297. The molecule has 1 saturated carbocycles. The van der Waals surface area contributed by atoms with Crippen molar-refractivity contribution in [3.63, 3.8) is 0 Å². The predicted molar refractivity (Wildman–Crippen MR) is 97.4 cm³/mol. The fourth-order valence-corrected chi connectivity index (χ4v) is 4.50. The van der Waals surface area contributed by atoms with Gasteiger partial charge in [0.2, 0.25) is 10.0 Å². The number of carbonyl (C=O) groups excluding carboxylic acids is 1. The normalized spacial score (nSPS) is 21.8. The van der Waals surface area contributed by atoms with E-state index in [1.807, 2.05) is 13.0 Å². The van der Waals surface area contributed by atoms with Crippen molar-refractivity contribution in [1.82, 2.24) is 5.32 Å². The van der Waals surface area contributed by atoms with Crippen LogP contribution in [0.15, 0.2) is 18.2 Å². The molecule has 0 radical (unpaired) electrons. The highest BCUT2D eigenvalue weighted by Gasteiger charge is 2.32. The Bertz CT molecular complexity index is 741. The summed E-state index contributed by atoms with van der Waals surface area (Å²) in [6.07, 6.45) is 6.35. The van der Waals surface area contributed by atoms with Crippen LogP contribution in [0.2, 0.25) is 0 Å². The lowest BCUT2D eigenvalue weighted by atomic mass is 9.95. The van der Waals surface area contributed by atoms with E-state index >= 15 is 0 Å². The Balaban J connectivity index is 1.81. The van der Waals surface area contributed by atoms with Gasteiger partial charge in [-0.25, -0.2) is 8.42 Å². The molecule has 6 nitrogen and oxygen atoms in total. The fraction of sp³-hybridized carbons (Fsp3) is 0.611. The quantitative estimate of drug-likeness (QED) is 0.891. The lowest BCUT2D eigenvalue weighted by Crippen LogP contribution is -2.45. The van der Waals surface area contributed by atoms with E-state index in [0.717, 1.165) is 31.2 Å². The number of benzene rings is 1. The van der Waals surface area contributed by atoms with Gasteiger partial charge in [0.15, 0.2) is 6.10 Å².